The molecule has 0 aliphatic rings. The van der Waals surface area contributed by atoms with Gasteiger partial charge in [0.05, 0.1) is 5.75 Å². The topological polar surface area (TPSA) is 104 Å². The predicted molar refractivity (Wildman–Crippen MR) is 65.3 cm³/mol. The highest BCUT2D eigenvalue weighted by molar-refractivity contribution is 7.88. The monoisotopic (exact) mass is 291 g/mol. The Morgan fingerprint density at radius 2 is 1.89 bits per heavy atom. The lowest BCUT2D eigenvalue weighted by molar-refractivity contribution is -0.139. The van der Waals surface area contributed by atoms with Crippen molar-refractivity contribution in [2.24, 2.45) is 0 Å². The van der Waals surface area contributed by atoms with Crippen LogP contribution in [0, 0.1) is 5.82 Å². The molecule has 1 aromatic carbocycles. The third-order valence-electron chi connectivity index (χ3n) is 2.31. The first-order valence-corrected chi connectivity index (χ1v) is 7.07. The van der Waals surface area contributed by atoms with Crippen LogP contribution in [0.4, 0.5) is 4.39 Å². The summed E-state index contributed by atoms with van der Waals surface area (Å²) in [5.41, 5.74) is 0.335. The number of hydrogen-bond donors (Lipinski definition) is 3. The van der Waals surface area contributed by atoms with Crippen LogP contribution in [0.5, 0.6) is 0 Å². The van der Waals surface area contributed by atoms with E-state index < -0.39 is 40.2 Å². The Hall–Kier alpha value is -1.51. The molecule has 0 fully saturated rings. The van der Waals surface area contributed by atoms with Crippen LogP contribution in [0.15, 0.2) is 24.3 Å². The van der Waals surface area contributed by atoms with E-state index in [1.165, 1.54) is 12.1 Å². The lowest BCUT2D eigenvalue weighted by Crippen LogP contribution is -2.41. The zero-order valence-corrected chi connectivity index (χ0v) is 10.7. The molecule has 1 rings (SSSR count). The van der Waals surface area contributed by atoms with Crippen molar-refractivity contribution in [3.8, 4) is 0 Å². The number of carboxylic acid groups (broad SMARTS) is 1. The zero-order valence-electron chi connectivity index (χ0n) is 9.91. The number of benzene rings is 1. The van der Waals surface area contributed by atoms with Gasteiger partial charge in [-0.3, -0.25) is 4.79 Å². The summed E-state index contributed by atoms with van der Waals surface area (Å²) in [5.74, 6) is -2.31. The molecule has 0 aliphatic carbocycles. The number of aliphatic hydroxyl groups excluding tert-OH is 1. The molecule has 0 aromatic heterocycles. The molecule has 0 amide bonds. The van der Waals surface area contributed by atoms with Crippen molar-refractivity contribution >= 4 is 16.0 Å². The minimum atomic E-state index is -3.88. The van der Waals surface area contributed by atoms with Crippen LogP contribution < -0.4 is 4.72 Å². The van der Waals surface area contributed by atoms with Crippen LogP contribution in [-0.4, -0.2) is 37.2 Å². The number of rotatable bonds is 7. The zero-order chi connectivity index (χ0) is 14.5. The molecule has 8 heteroatoms. The van der Waals surface area contributed by atoms with Gasteiger partial charge in [-0.2, -0.15) is 0 Å². The van der Waals surface area contributed by atoms with Gasteiger partial charge in [0.1, 0.15) is 11.9 Å². The molecule has 106 valence electrons. The molecule has 0 heterocycles. The van der Waals surface area contributed by atoms with E-state index in [0.717, 1.165) is 12.1 Å². The van der Waals surface area contributed by atoms with E-state index in [4.69, 9.17) is 10.2 Å². The lowest BCUT2D eigenvalue weighted by atomic mass is 10.2. The summed E-state index contributed by atoms with van der Waals surface area (Å²) in [4.78, 5) is 10.8. The number of sulfonamides is 1. The summed E-state index contributed by atoms with van der Waals surface area (Å²) < 4.78 is 38.1. The van der Waals surface area contributed by atoms with Crippen molar-refractivity contribution < 1.29 is 27.8 Å². The molecule has 0 radical (unpaired) electrons. The van der Waals surface area contributed by atoms with Gasteiger partial charge >= 0.3 is 5.97 Å². The second kappa shape index (κ2) is 6.60. The van der Waals surface area contributed by atoms with Crippen LogP contribution >= 0.6 is 0 Å². The second-order valence-electron chi connectivity index (χ2n) is 3.91. The molecule has 3 N–H and O–H groups in total. The summed E-state index contributed by atoms with van der Waals surface area (Å²) in [7, 11) is -3.88. The fourth-order valence-corrected chi connectivity index (χ4v) is 2.79. The average Bonchev–Trinajstić information content (AvgIpc) is 2.31. The fourth-order valence-electron chi connectivity index (χ4n) is 1.42. The molecular weight excluding hydrogens is 277 g/mol. The Kier molecular flexibility index (Phi) is 5.40. The van der Waals surface area contributed by atoms with Crippen LogP contribution in [0.1, 0.15) is 12.0 Å². The van der Waals surface area contributed by atoms with Crippen molar-refractivity contribution in [2.75, 3.05) is 6.61 Å². The molecule has 0 saturated carbocycles. The molecule has 0 spiro atoms. The van der Waals surface area contributed by atoms with Gasteiger partial charge in [0.15, 0.2) is 0 Å². The van der Waals surface area contributed by atoms with Gasteiger partial charge < -0.3 is 10.2 Å². The Balaban J connectivity index is 2.75. The highest BCUT2D eigenvalue weighted by Gasteiger charge is 2.23. The number of nitrogens with one attached hydrogen (secondary N) is 1. The smallest absolute Gasteiger partial charge is 0.321 e. The third-order valence-corrected chi connectivity index (χ3v) is 3.66. The lowest BCUT2D eigenvalue weighted by Gasteiger charge is -2.13. The molecule has 6 nitrogen and oxygen atoms in total. The summed E-state index contributed by atoms with van der Waals surface area (Å²) >= 11 is 0. The summed E-state index contributed by atoms with van der Waals surface area (Å²) in [6.07, 6.45) is -0.224. The second-order valence-corrected chi connectivity index (χ2v) is 5.66. The summed E-state index contributed by atoms with van der Waals surface area (Å²) in [5, 5.41) is 17.4. The largest absolute Gasteiger partial charge is 0.480 e. The highest BCUT2D eigenvalue weighted by Crippen LogP contribution is 2.08. The average molecular weight is 291 g/mol. The van der Waals surface area contributed by atoms with E-state index in [2.05, 4.69) is 0 Å². The van der Waals surface area contributed by atoms with Crippen molar-refractivity contribution in [1.82, 2.24) is 4.72 Å². The Bertz CT molecular complexity index is 529. The molecule has 0 unspecified atom stereocenters. The first-order chi connectivity index (χ1) is 8.84. The highest BCUT2D eigenvalue weighted by atomic mass is 32.2. The van der Waals surface area contributed by atoms with E-state index in [0.29, 0.717) is 5.56 Å². The predicted octanol–water partition coefficient (Wildman–Crippen LogP) is 0.0807. The van der Waals surface area contributed by atoms with E-state index in [1.807, 2.05) is 4.72 Å². The standard InChI is InChI=1S/C11H14FNO5S/c12-9-3-1-8(2-4-9)7-19(17,18)13-10(5-6-14)11(15)16/h1-4,10,13-14H,5-7H2,(H,15,16)/t10-/m0/s1. The minimum Gasteiger partial charge on any atom is -0.480 e. The van der Waals surface area contributed by atoms with Crippen LogP contribution in [-0.2, 0) is 20.6 Å². The molecule has 1 atom stereocenters. The van der Waals surface area contributed by atoms with E-state index in [1.54, 1.807) is 0 Å². The maximum absolute atomic E-state index is 12.7. The van der Waals surface area contributed by atoms with Crippen molar-refractivity contribution in [3.63, 3.8) is 0 Å². The number of carboxylic acids is 1. The number of hydrogen-bond acceptors (Lipinski definition) is 4. The summed E-state index contributed by atoms with van der Waals surface area (Å²) in [6, 6.07) is 3.46. The minimum absolute atomic E-state index is 0.224. The number of aliphatic hydroxyl groups is 1. The van der Waals surface area contributed by atoms with Gasteiger partial charge in [0, 0.05) is 6.61 Å². The van der Waals surface area contributed by atoms with Gasteiger partial charge in [0.25, 0.3) is 0 Å². The Labute approximate surface area is 109 Å². The molecule has 19 heavy (non-hydrogen) atoms. The molecule has 1 aromatic rings. The van der Waals surface area contributed by atoms with E-state index >= 15 is 0 Å². The van der Waals surface area contributed by atoms with Gasteiger partial charge in [-0.25, -0.2) is 17.5 Å². The van der Waals surface area contributed by atoms with Crippen molar-refractivity contribution in [3.05, 3.63) is 35.6 Å². The van der Waals surface area contributed by atoms with Gasteiger partial charge in [0.2, 0.25) is 10.0 Å². The van der Waals surface area contributed by atoms with Crippen molar-refractivity contribution in [1.29, 1.82) is 0 Å². The SMILES string of the molecule is O=C(O)[C@H](CCO)NS(=O)(=O)Cc1ccc(F)cc1. The molecule has 0 saturated heterocycles. The Morgan fingerprint density at radius 1 is 1.32 bits per heavy atom. The van der Waals surface area contributed by atoms with Crippen molar-refractivity contribution in [2.45, 2.75) is 18.2 Å². The first-order valence-electron chi connectivity index (χ1n) is 5.42. The van der Waals surface area contributed by atoms with Gasteiger partial charge in [-0.15, -0.1) is 0 Å². The normalized spacial score (nSPS) is 13.2. The Morgan fingerprint density at radius 3 is 2.37 bits per heavy atom. The van der Waals surface area contributed by atoms with Gasteiger partial charge in [-0.05, 0) is 24.1 Å². The number of carbonyl (C=O) groups is 1. The molecule has 0 aliphatic heterocycles. The number of aliphatic carboxylic acids is 1. The molecule has 0 bridgehead atoms. The van der Waals surface area contributed by atoms with Crippen LogP contribution in [0.2, 0.25) is 0 Å². The van der Waals surface area contributed by atoms with E-state index in [-0.39, 0.29) is 6.42 Å². The third kappa shape index (κ3) is 5.33. The van der Waals surface area contributed by atoms with E-state index in [9.17, 15) is 17.6 Å². The van der Waals surface area contributed by atoms with Crippen LogP contribution in [0.25, 0.3) is 0 Å². The van der Waals surface area contributed by atoms with Gasteiger partial charge in [-0.1, -0.05) is 12.1 Å². The quantitative estimate of drug-likeness (QED) is 0.660. The molecular formula is C11H14FNO5S. The maximum Gasteiger partial charge on any atom is 0.321 e. The van der Waals surface area contributed by atoms with Crippen LogP contribution in [0.3, 0.4) is 0 Å². The summed E-state index contributed by atoms with van der Waals surface area (Å²) in [6.45, 7) is -0.448. The first kappa shape index (κ1) is 15.5. The maximum atomic E-state index is 12.7. The number of halogens is 1. The fraction of sp³-hybridized carbons (Fsp3) is 0.364.